The number of rotatable bonds is 5. The summed E-state index contributed by atoms with van der Waals surface area (Å²) in [7, 11) is 1.56. The summed E-state index contributed by atoms with van der Waals surface area (Å²) >= 11 is 0. The van der Waals surface area contributed by atoms with Crippen LogP contribution in [0.5, 0.6) is 5.75 Å². The topological polar surface area (TPSA) is 102 Å². The first-order chi connectivity index (χ1) is 12.9. The Balaban J connectivity index is 1.75. The van der Waals surface area contributed by atoms with Crippen molar-refractivity contribution in [2.75, 3.05) is 23.9 Å². The molecule has 8 nitrogen and oxygen atoms in total. The number of benzene rings is 2. The molecule has 27 heavy (non-hydrogen) atoms. The number of nitro groups is 1. The molecule has 0 saturated carbocycles. The number of nitrogens with zero attached hydrogens (tertiary/aromatic N) is 2. The zero-order chi connectivity index (χ0) is 19.6. The Morgan fingerprint density at radius 1 is 1.26 bits per heavy atom. The van der Waals surface area contributed by atoms with Gasteiger partial charge in [-0.3, -0.25) is 19.7 Å². The van der Waals surface area contributed by atoms with Crippen molar-refractivity contribution < 1.29 is 19.2 Å². The van der Waals surface area contributed by atoms with Crippen LogP contribution in [0.3, 0.4) is 0 Å². The fourth-order valence-electron chi connectivity index (χ4n) is 3.09. The second-order valence-electron chi connectivity index (χ2n) is 6.32. The first kappa shape index (κ1) is 18.4. The highest BCUT2D eigenvalue weighted by Gasteiger charge is 2.36. The molecule has 1 atom stereocenters. The SMILES string of the molecule is COc1ccc(N2CC(C(=O)Nc3c(C)cccc3[N+](=O)[O-])CC2=O)cc1. The monoisotopic (exact) mass is 369 g/mol. The summed E-state index contributed by atoms with van der Waals surface area (Å²) in [6.45, 7) is 1.91. The fraction of sp³-hybridized carbons (Fsp3) is 0.263. The van der Waals surface area contributed by atoms with Crippen LogP contribution in [0.1, 0.15) is 12.0 Å². The molecule has 0 radical (unpaired) electrons. The van der Waals surface area contributed by atoms with Gasteiger partial charge in [0, 0.05) is 24.7 Å². The number of hydrogen-bond acceptors (Lipinski definition) is 5. The van der Waals surface area contributed by atoms with Gasteiger partial charge in [-0.25, -0.2) is 0 Å². The third kappa shape index (κ3) is 3.74. The van der Waals surface area contributed by atoms with E-state index in [1.54, 1.807) is 50.4 Å². The van der Waals surface area contributed by atoms with Crippen LogP contribution in [0.25, 0.3) is 0 Å². The van der Waals surface area contributed by atoms with Crippen LogP contribution in [-0.4, -0.2) is 30.4 Å². The summed E-state index contributed by atoms with van der Waals surface area (Å²) in [6.07, 6.45) is 0.0531. The van der Waals surface area contributed by atoms with Crippen LogP contribution in [0.4, 0.5) is 17.1 Å². The highest BCUT2D eigenvalue weighted by atomic mass is 16.6. The van der Waals surface area contributed by atoms with Gasteiger partial charge in [-0.05, 0) is 36.8 Å². The Morgan fingerprint density at radius 3 is 2.59 bits per heavy atom. The van der Waals surface area contributed by atoms with Crippen LogP contribution >= 0.6 is 0 Å². The van der Waals surface area contributed by atoms with Crippen molar-refractivity contribution in [2.45, 2.75) is 13.3 Å². The Morgan fingerprint density at radius 2 is 1.96 bits per heavy atom. The van der Waals surface area contributed by atoms with Gasteiger partial charge in [0.05, 0.1) is 18.0 Å². The van der Waals surface area contributed by atoms with Crippen molar-refractivity contribution in [3.8, 4) is 5.75 Å². The summed E-state index contributed by atoms with van der Waals surface area (Å²) in [6, 6.07) is 11.6. The molecule has 0 aliphatic carbocycles. The minimum Gasteiger partial charge on any atom is -0.497 e. The molecule has 1 saturated heterocycles. The molecule has 140 valence electrons. The maximum absolute atomic E-state index is 12.6. The third-order valence-electron chi connectivity index (χ3n) is 4.58. The second-order valence-corrected chi connectivity index (χ2v) is 6.32. The van der Waals surface area contributed by atoms with E-state index in [9.17, 15) is 19.7 Å². The Labute approximate surface area is 155 Å². The fourth-order valence-corrected chi connectivity index (χ4v) is 3.09. The van der Waals surface area contributed by atoms with Crippen LogP contribution in [0.2, 0.25) is 0 Å². The molecule has 1 aliphatic rings. The Hall–Kier alpha value is -3.42. The minimum atomic E-state index is -0.584. The Kier molecular flexibility index (Phi) is 5.07. The largest absolute Gasteiger partial charge is 0.497 e. The Bertz CT molecular complexity index is 895. The highest BCUT2D eigenvalue weighted by molar-refractivity contribution is 6.04. The van der Waals surface area contributed by atoms with Gasteiger partial charge in [-0.2, -0.15) is 0 Å². The maximum Gasteiger partial charge on any atom is 0.293 e. The van der Waals surface area contributed by atoms with Gasteiger partial charge in [0.25, 0.3) is 5.69 Å². The van der Waals surface area contributed by atoms with Crippen molar-refractivity contribution in [3.63, 3.8) is 0 Å². The second kappa shape index (κ2) is 7.45. The number of para-hydroxylation sites is 1. The van der Waals surface area contributed by atoms with Crippen molar-refractivity contribution in [1.29, 1.82) is 0 Å². The first-order valence-electron chi connectivity index (χ1n) is 8.40. The van der Waals surface area contributed by atoms with Crippen molar-refractivity contribution in [3.05, 3.63) is 58.1 Å². The molecule has 0 aromatic heterocycles. The van der Waals surface area contributed by atoms with Crippen LogP contribution < -0.4 is 15.0 Å². The molecule has 1 unspecified atom stereocenters. The number of anilines is 2. The number of methoxy groups -OCH3 is 1. The molecular formula is C19H19N3O5. The summed E-state index contributed by atoms with van der Waals surface area (Å²) in [5, 5.41) is 13.8. The molecule has 1 fully saturated rings. The molecule has 3 rings (SSSR count). The van der Waals surface area contributed by atoms with Gasteiger partial charge in [0.15, 0.2) is 0 Å². The molecule has 2 aromatic carbocycles. The lowest BCUT2D eigenvalue weighted by molar-refractivity contribution is -0.384. The van der Waals surface area contributed by atoms with Crippen molar-refractivity contribution in [1.82, 2.24) is 0 Å². The van der Waals surface area contributed by atoms with Gasteiger partial charge in [0.1, 0.15) is 11.4 Å². The molecule has 0 spiro atoms. The number of carbonyl (C=O) groups is 2. The quantitative estimate of drug-likeness (QED) is 0.645. The van der Waals surface area contributed by atoms with Crippen molar-refractivity contribution in [2.24, 2.45) is 5.92 Å². The lowest BCUT2D eigenvalue weighted by Crippen LogP contribution is -2.28. The highest BCUT2D eigenvalue weighted by Crippen LogP contribution is 2.31. The maximum atomic E-state index is 12.6. The molecule has 1 aliphatic heterocycles. The number of carbonyl (C=O) groups excluding carboxylic acids is 2. The standard InChI is InChI=1S/C19H19N3O5/c1-12-4-3-5-16(22(25)26)18(12)20-19(24)13-10-17(23)21(11-13)14-6-8-15(27-2)9-7-14/h3-9,13H,10-11H2,1-2H3,(H,20,24). The van der Waals surface area contributed by atoms with Gasteiger partial charge in [0.2, 0.25) is 11.8 Å². The molecule has 0 bridgehead atoms. The van der Waals surface area contributed by atoms with E-state index in [1.807, 2.05) is 0 Å². The average Bonchev–Trinajstić information content (AvgIpc) is 3.05. The third-order valence-corrected chi connectivity index (χ3v) is 4.58. The van der Waals surface area contributed by atoms with Crippen LogP contribution in [0.15, 0.2) is 42.5 Å². The summed E-state index contributed by atoms with van der Waals surface area (Å²) in [4.78, 5) is 37.2. The molecule has 1 heterocycles. The molecular weight excluding hydrogens is 350 g/mol. The van der Waals surface area contributed by atoms with Gasteiger partial charge >= 0.3 is 0 Å². The number of nitro benzene ring substituents is 1. The van der Waals surface area contributed by atoms with E-state index < -0.39 is 16.7 Å². The number of ether oxygens (including phenoxy) is 1. The van der Waals surface area contributed by atoms with E-state index in [0.717, 1.165) is 0 Å². The van der Waals surface area contributed by atoms with E-state index in [0.29, 0.717) is 17.0 Å². The van der Waals surface area contributed by atoms with E-state index in [-0.39, 0.29) is 30.2 Å². The molecule has 8 heteroatoms. The first-order valence-corrected chi connectivity index (χ1v) is 8.40. The molecule has 1 N–H and O–H groups in total. The van der Waals surface area contributed by atoms with E-state index in [4.69, 9.17) is 4.74 Å². The zero-order valence-electron chi connectivity index (χ0n) is 15.0. The molecule has 2 aromatic rings. The lowest BCUT2D eigenvalue weighted by Gasteiger charge is -2.17. The van der Waals surface area contributed by atoms with E-state index in [2.05, 4.69) is 5.32 Å². The van der Waals surface area contributed by atoms with Crippen LogP contribution in [-0.2, 0) is 9.59 Å². The van der Waals surface area contributed by atoms with Crippen molar-refractivity contribution >= 4 is 28.9 Å². The van der Waals surface area contributed by atoms with Gasteiger partial charge < -0.3 is 15.0 Å². The van der Waals surface area contributed by atoms with Gasteiger partial charge in [-0.15, -0.1) is 0 Å². The number of nitrogens with one attached hydrogen (secondary N) is 1. The zero-order valence-corrected chi connectivity index (χ0v) is 15.0. The predicted molar refractivity (Wildman–Crippen MR) is 99.9 cm³/mol. The summed E-state index contributed by atoms with van der Waals surface area (Å²) < 4.78 is 5.10. The normalized spacial score (nSPS) is 16.3. The molecule has 2 amide bonds. The summed E-state index contributed by atoms with van der Waals surface area (Å²) in [5.74, 6) is -0.485. The predicted octanol–water partition coefficient (Wildman–Crippen LogP) is 2.90. The van der Waals surface area contributed by atoms with Gasteiger partial charge in [-0.1, -0.05) is 12.1 Å². The van der Waals surface area contributed by atoms with E-state index in [1.165, 1.54) is 11.0 Å². The number of hydrogen-bond donors (Lipinski definition) is 1. The van der Waals surface area contributed by atoms with Crippen LogP contribution in [0, 0.1) is 23.0 Å². The summed E-state index contributed by atoms with van der Waals surface area (Å²) in [5.41, 5.74) is 1.27. The smallest absolute Gasteiger partial charge is 0.293 e. The minimum absolute atomic E-state index is 0.0531. The lowest BCUT2D eigenvalue weighted by atomic mass is 10.1. The van der Waals surface area contributed by atoms with E-state index >= 15 is 0 Å². The number of aryl methyl sites for hydroxylation is 1. The average molecular weight is 369 g/mol. The number of amides is 2.